The predicted molar refractivity (Wildman–Crippen MR) is 88.9 cm³/mol. The molecule has 3 aromatic rings. The highest BCUT2D eigenvalue weighted by Gasteiger charge is 2.25. The van der Waals surface area contributed by atoms with Gasteiger partial charge in [0.25, 0.3) is 5.91 Å². The lowest BCUT2D eigenvalue weighted by Crippen LogP contribution is -2.42. The van der Waals surface area contributed by atoms with E-state index >= 15 is 0 Å². The van der Waals surface area contributed by atoms with Crippen LogP contribution in [0.1, 0.15) is 36.7 Å². The number of hydrogen-bond acceptors (Lipinski definition) is 2. The van der Waals surface area contributed by atoms with E-state index < -0.39 is 0 Å². The summed E-state index contributed by atoms with van der Waals surface area (Å²) in [5.41, 5.74) is 1.63. The van der Waals surface area contributed by atoms with Crippen molar-refractivity contribution in [2.24, 2.45) is 0 Å². The molecule has 3 aromatic heterocycles. The largest absolute Gasteiger partial charge is 0.335 e. The molecule has 0 spiro atoms. The van der Waals surface area contributed by atoms with Crippen LogP contribution >= 0.6 is 0 Å². The Balaban J connectivity index is 1.65. The molecule has 5 heteroatoms. The van der Waals surface area contributed by atoms with Crippen LogP contribution in [0.2, 0.25) is 0 Å². The second kappa shape index (κ2) is 5.57. The molecule has 1 fully saturated rings. The van der Waals surface area contributed by atoms with E-state index in [1.54, 1.807) is 4.68 Å². The maximum atomic E-state index is 12.7. The molecule has 4 heterocycles. The lowest BCUT2D eigenvalue weighted by molar-refractivity contribution is 0.0629. The van der Waals surface area contributed by atoms with E-state index in [0.29, 0.717) is 11.7 Å². The monoisotopic (exact) mass is 308 g/mol. The van der Waals surface area contributed by atoms with Gasteiger partial charge >= 0.3 is 0 Å². The van der Waals surface area contributed by atoms with Crippen LogP contribution in [0.4, 0.5) is 0 Å². The van der Waals surface area contributed by atoms with Gasteiger partial charge in [0.2, 0.25) is 0 Å². The SMILES string of the molecule is C[C@H]1CCCCN1C(=O)c1ccn(-c2ccc3ccccn23)n1. The van der Waals surface area contributed by atoms with Crippen LogP contribution in [0.3, 0.4) is 0 Å². The van der Waals surface area contributed by atoms with Gasteiger partial charge in [0, 0.05) is 30.5 Å². The first-order valence-electron chi connectivity index (χ1n) is 8.17. The number of amides is 1. The standard InChI is InChI=1S/C18H20N4O/c1-14-6-2-4-11-20(14)18(23)16-10-13-22(19-16)17-9-8-15-7-3-5-12-21(15)17/h3,5,7-10,12-14H,2,4,6,11H2,1H3/t14-/m0/s1. The molecule has 1 saturated heterocycles. The summed E-state index contributed by atoms with van der Waals surface area (Å²) >= 11 is 0. The fourth-order valence-electron chi connectivity index (χ4n) is 3.34. The van der Waals surface area contributed by atoms with Gasteiger partial charge in [-0.05, 0) is 56.5 Å². The number of fused-ring (bicyclic) bond motifs is 1. The van der Waals surface area contributed by atoms with E-state index in [-0.39, 0.29) is 5.91 Å². The van der Waals surface area contributed by atoms with E-state index in [9.17, 15) is 4.79 Å². The Morgan fingerprint density at radius 2 is 2.04 bits per heavy atom. The van der Waals surface area contributed by atoms with Gasteiger partial charge in [-0.2, -0.15) is 5.10 Å². The molecule has 1 atom stereocenters. The Morgan fingerprint density at radius 1 is 1.13 bits per heavy atom. The number of rotatable bonds is 2. The van der Waals surface area contributed by atoms with Crippen molar-refractivity contribution >= 4 is 11.4 Å². The molecule has 118 valence electrons. The van der Waals surface area contributed by atoms with Gasteiger partial charge in [-0.1, -0.05) is 6.07 Å². The van der Waals surface area contributed by atoms with Crippen LogP contribution in [0, 0.1) is 0 Å². The maximum absolute atomic E-state index is 12.7. The predicted octanol–water partition coefficient (Wildman–Crippen LogP) is 3.14. The average molecular weight is 308 g/mol. The van der Waals surface area contributed by atoms with Crippen molar-refractivity contribution in [2.75, 3.05) is 6.54 Å². The number of likely N-dealkylation sites (tertiary alicyclic amines) is 1. The van der Waals surface area contributed by atoms with E-state index in [2.05, 4.69) is 22.5 Å². The van der Waals surface area contributed by atoms with Gasteiger partial charge in [0.05, 0.1) is 0 Å². The van der Waals surface area contributed by atoms with Crippen molar-refractivity contribution in [3.63, 3.8) is 0 Å². The molecule has 1 aliphatic rings. The first-order valence-corrected chi connectivity index (χ1v) is 8.17. The van der Waals surface area contributed by atoms with E-state index in [0.717, 1.165) is 30.7 Å². The second-order valence-electron chi connectivity index (χ2n) is 6.18. The van der Waals surface area contributed by atoms with Crippen LogP contribution in [0.5, 0.6) is 0 Å². The third-order valence-electron chi connectivity index (χ3n) is 4.65. The number of hydrogen-bond donors (Lipinski definition) is 0. The minimum absolute atomic E-state index is 0.0387. The van der Waals surface area contributed by atoms with Crippen LogP contribution in [0.15, 0.2) is 48.8 Å². The first kappa shape index (κ1) is 14.1. The molecule has 0 bridgehead atoms. The van der Waals surface area contributed by atoms with Crippen molar-refractivity contribution in [2.45, 2.75) is 32.2 Å². The molecule has 1 aliphatic heterocycles. The molecule has 0 radical (unpaired) electrons. The van der Waals surface area contributed by atoms with Crippen molar-refractivity contribution < 1.29 is 4.79 Å². The third-order valence-corrected chi connectivity index (χ3v) is 4.65. The van der Waals surface area contributed by atoms with Gasteiger partial charge in [-0.3, -0.25) is 4.79 Å². The van der Waals surface area contributed by atoms with Crippen molar-refractivity contribution in [3.8, 4) is 5.82 Å². The number of piperidine rings is 1. The molecule has 0 aromatic carbocycles. The van der Waals surface area contributed by atoms with E-state index in [4.69, 9.17) is 0 Å². The van der Waals surface area contributed by atoms with Gasteiger partial charge in [-0.15, -0.1) is 0 Å². The summed E-state index contributed by atoms with van der Waals surface area (Å²) in [6.45, 7) is 2.95. The van der Waals surface area contributed by atoms with Gasteiger partial charge in [0.1, 0.15) is 5.82 Å². The van der Waals surface area contributed by atoms with E-state index in [1.807, 2.05) is 47.6 Å². The zero-order valence-electron chi connectivity index (χ0n) is 13.2. The van der Waals surface area contributed by atoms with Gasteiger partial charge < -0.3 is 9.30 Å². The number of carbonyl (C=O) groups excluding carboxylic acids is 1. The molecule has 4 rings (SSSR count). The second-order valence-corrected chi connectivity index (χ2v) is 6.18. The molecule has 0 unspecified atom stereocenters. The van der Waals surface area contributed by atoms with Gasteiger partial charge in [-0.25, -0.2) is 4.68 Å². The Labute approximate surface area is 135 Å². The smallest absolute Gasteiger partial charge is 0.274 e. The molecule has 5 nitrogen and oxygen atoms in total. The lowest BCUT2D eigenvalue weighted by Gasteiger charge is -2.32. The lowest BCUT2D eigenvalue weighted by atomic mass is 10.0. The Hall–Kier alpha value is -2.56. The van der Waals surface area contributed by atoms with Crippen molar-refractivity contribution in [1.29, 1.82) is 0 Å². The van der Waals surface area contributed by atoms with Crippen molar-refractivity contribution in [3.05, 3.63) is 54.5 Å². The molecular formula is C18H20N4O. The highest BCUT2D eigenvalue weighted by molar-refractivity contribution is 5.92. The quantitative estimate of drug-likeness (QED) is 0.730. The summed E-state index contributed by atoms with van der Waals surface area (Å²) in [6, 6.07) is 12.2. The summed E-state index contributed by atoms with van der Waals surface area (Å²) in [5.74, 6) is 0.975. The van der Waals surface area contributed by atoms with Crippen LogP contribution in [0.25, 0.3) is 11.3 Å². The Bertz CT molecular complexity index is 847. The van der Waals surface area contributed by atoms with Crippen molar-refractivity contribution in [1.82, 2.24) is 19.1 Å². The zero-order valence-corrected chi connectivity index (χ0v) is 13.2. The highest BCUT2D eigenvalue weighted by atomic mass is 16.2. The highest BCUT2D eigenvalue weighted by Crippen LogP contribution is 2.19. The maximum Gasteiger partial charge on any atom is 0.274 e. The summed E-state index contributed by atoms with van der Waals surface area (Å²) in [7, 11) is 0. The Morgan fingerprint density at radius 3 is 2.91 bits per heavy atom. The minimum atomic E-state index is 0.0387. The normalized spacial score (nSPS) is 18.5. The van der Waals surface area contributed by atoms with Crippen LogP contribution in [-0.2, 0) is 0 Å². The molecule has 0 N–H and O–H groups in total. The molecular weight excluding hydrogens is 288 g/mol. The van der Waals surface area contributed by atoms with Gasteiger partial charge in [0.15, 0.2) is 5.69 Å². The third kappa shape index (κ3) is 2.42. The number of nitrogens with zero attached hydrogens (tertiary/aromatic N) is 4. The number of aromatic nitrogens is 3. The molecule has 0 saturated carbocycles. The molecule has 0 aliphatic carbocycles. The zero-order chi connectivity index (χ0) is 15.8. The topological polar surface area (TPSA) is 42.5 Å². The molecule has 23 heavy (non-hydrogen) atoms. The fraction of sp³-hybridized carbons (Fsp3) is 0.333. The Kier molecular flexibility index (Phi) is 3.41. The molecule has 1 amide bonds. The summed E-state index contributed by atoms with van der Waals surface area (Å²) in [6.07, 6.45) is 7.22. The number of pyridine rings is 1. The summed E-state index contributed by atoms with van der Waals surface area (Å²) < 4.78 is 3.83. The fourth-order valence-corrected chi connectivity index (χ4v) is 3.34. The van der Waals surface area contributed by atoms with E-state index in [1.165, 1.54) is 6.42 Å². The van der Waals surface area contributed by atoms with Crippen LogP contribution in [-0.4, -0.2) is 37.6 Å². The first-order chi connectivity index (χ1) is 11.2. The minimum Gasteiger partial charge on any atom is -0.335 e. The summed E-state index contributed by atoms with van der Waals surface area (Å²) in [4.78, 5) is 14.7. The number of carbonyl (C=O) groups is 1. The van der Waals surface area contributed by atoms with Crippen LogP contribution < -0.4 is 0 Å². The average Bonchev–Trinajstić information content (AvgIpc) is 3.21. The summed E-state index contributed by atoms with van der Waals surface area (Å²) in [5, 5.41) is 4.52.